The minimum atomic E-state index is -3.79. The van der Waals surface area contributed by atoms with Gasteiger partial charge in [0, 0.05) is 18.5 Å². The molecule has 0 saturated carbocycles. The molecule has 8 heteroatoms. The Hall–Kier alpha value is -3.39. The van der Waals surface area contributed by atoms with Crippen LogP contribution in [0.25, 0.3) is 10.8 Å². The largest absolute Gasteiger partial charge is 0.354 e. The Morgan fingerprint density at radius 3 is 2.19 bits per heavy atom. The Morgan fingerprint density at radius 1 is 0.889 bits per heavy atom. The highest BCUT2D eigenvalue weighted by molar-refractivity contribution is 7.92. The van der Waals surface area contributed by atoms with Crippen LogP contribution in [-0.2, 0) is 26.0 Å². The fraction of sp³-hybridized carbons (Fsp3) is 0.357. The van der Waals surface area contributed by atoms with Crippen LogP contribution in [-0.4, -0.2) is 57.1 Å². The van der Waals surface area contributed by atoms with Gasteiger partial charge in [-0.3, -0.25) is 13.9 Å². The Bertz CT molecular complexity index is 1290. The van der Waals surface area contributed by atoms with Crippen molar-refractivity contribution in [1.82, 2.24) is 10.2 Å². The van der Waals surface area contributed by atoms with Crippen molar-refractivity contribution < 1.29 is 18.0 Å². The molecule has 2 amide bonds. The molecule has 3 aromatic carbocycles. The average molecular weight is 510 g/mol. The van der Waals surface area contributed by atoms with Crippen LogP contribution in [0.2, 0.25) is 0 Å². The summed E-state index contributed by atoms with van der Waals surface area (Å²) in [4.78, 5) is 28.0. The number of anilines is 1. The van der Waals surface area contributed by atoms with Gasteiger partial charge in [-0.05, 0) is 36.3 Å². The first-order chi connectivity index (χ1) is 17.1. The number of rotatable bonds is 11. The summed E-state index contributed by atoms with van der Waals surface area (Å²) < 4.78 is 26.9. The first-order valence-electron chi connectivity index (χ1n) is 12.1. The van der Waals surface area contributed by atoms with Gasteiger partial charge in [-0.25, -0.2) is 8.42 Å². The first kappa shape index (κ1) is 27.2. The molecule has 0 aliphatic heterocycles. The zero-order valence-corrected chi connectivity index (χ0v) is 22.2. The number of nitrogens with one attached hydrogen (secondary N) is 1. The summed E-state index contributed by atoms with van der Waals surface area (Å²) in [7, 11) is -3.79. The van der Waals surface area contributed by atoms with Gasteiger partial charge in [0.1, 0.15) is 12.6 Å². The Morgan fingerprint density at radius 2 is 1.53 bits per heavy atom. The van der Waals surface area contributed by atoms with Gasteiger partial charge in [0.25, 0.3) is 0 Å². The predicted molar refractivity (Wildman–Crippen MR) is 145 cm³/mol. The number of sulfonamides is 1. The summed E-state index contributed by atoms with van der Waals surface area (Å²) in [6.45, 7) is 6.06. The molecule has 1 N–H and O–H groups in total. The van der Waals surface area contributed by atoms with Crippen LogP contribution in [0.15, 0.2) is 72.8 Å². The molecule has 3 rings (SSSR count). The van der Waals surface area contributed by atoms with E-state index in [-0.39, 0.29) is 18.4 Å². The van der Waals surface area contributed by atoms with E-state index in [0.29, 0.717) is 18.7 Å². The molecule has 36 heavy (non-hydrogen) atoms. The third-order valence-corrected chi connectivity index (χ3v) is 7.18. The van der Waals surface area contributed by atoms with Crippen LogP contribution >= 0.6 is 0 Å². The van der Waals surface area contributed by atoms with E-state index in [1.54, 1.807) is 19.1 Å². The normalized spacial score (nSPS) is 12.4. The van der Waals surface area contributed by atoms with E-state index in [2.05, 4.69) is 5.32 Å². The molecule has 0 saturated heterocycles. The standard InChI is InChI=1S/C28H35N3O4S/c1-21(2)19-29-28(33)22(3)30(18-17-23-11-6-5-7-12-23)27(32)20-31(36(4,34)35)26-16-10-14-24-13-8-9-15-25(24)26/h5-16,21-22H,17-20H2,1-4H3,(H,29,33)/t22-/m0/s1. The predicted octanol–water partition coefficient (Wildman–Crippen LogP) is 3.84. The molecule has 7 nitrogen and oxygen atoms in total. The van der Waals surface area contributed by atoms with E-state index in [9.17, 15) is 18.0 Å². The van der Waals surface area contributed by atoms with E-state index in [4.69, 9.17) is 0 Å². The second kappa shape index (κ2) is 12.0. The molecule has 0 aliphatic carbocycles. The molecule has 192 valence electrons. The van der Waals surface area contributed by atoms with Crippen LogP contribution < -0.4 is 9.62 Å². The lowest BCUT2D eigenvalue weighted by molar-refractivity contribution is -0.138. The van der Waals surface area contributed by atoms with Crippen LogP contribution in [0.4, 0.5) is 5.69 Å². The second-order valence-corrected chi connectivity index (χ2v) is 11.3. The van der Waals surface area contributed by atoms with Crippen LogP contribution in [0.1, 0.15) is 26.3 Å². The lowest BCUT2D eigenvalue weighted by atomic mass is 10.1. The summed E-state index contributed by atoms with van der Waals surface area (Å²) in [6.07, 6.45) is 1.64. The van der Waals surface area contributed by atoms with E-state index < -0.39 is 28.5 Å². The number of hydrogen-bond donors (Lipinski definition) is 1. The third-order valence-electron chi connectivity index (χ3n) is 6.05. The molecule has 3 aromatic rings. The Balaban J connectivity index is 1.91. The summed E-state index contributed by atoms with van der Waals surface area (Å²) >= 11 is 0. The monoisotopic (exact) mass is 509 g/mol. The molecular weight excluding hydrogens is 474 g/mol. The minimum absolute atomic E-state index is 0.263. The van der Waals surface area contributed by atoms with Gasteiger partial charge in [-0.2, -0.15) is 0 Å². The number of carbonyl (C=O) groups excluding carboxylic acids is 2. The van der Waals surface area contributed by atoms with Gasteiger partial charge in [0.15, 0.2) is 0 Å². The van der Waals surface area contributed by atoms with Gasteiger partial charge in [-0.1, -0.05) is 80.6 Å². The molecule has 0 aromatic heterocycles. The maximum Gasteiger partial charge on any atom is 0.244 e. The topological polar surface area (TPSA) is 86.8 Å². The van der Waals surface area contributed by atoms with E-state index in [1.807, 2.05) is 74.5 Å². The van der Waals surface area contributed by atoms with E-state index >= 15 is 0 Å². The fourth-order valence-electron chi connectivity index (χ4n) is 4.04. The zero-order valence-electron chi connectivity index (χ0n) is 21.3. The van der Waals surface area contributed by atoms with Gasteiger partial charge in [0.05, 0.1) is 11.9 Å². The highest BCUT2D eigenvalue weighted by atomic mass is 32.2. The lowest BCUT2D eigenvalue weighted by Crippen LogP contribution is -2.52. The highest BCUT2D eigenvalue weighted by Crippen LogP contribution is 2.28. The molecule has 0 heterocycles. The van der Waals surface area contributed by atoms with Gasteiger partial charge in [0.2, 0.25) is 21.8 Å². The molecule has 0 spiro atoms. The molecule has 0 bridgehead atoms. The first-order valence-corrected chi connectivity index (χ1v) is 14.0. The summed E-state index contributed by atoms with van der Waals surface area (Å²) in [5.41, 5.74) is 1.46. The van der Waals surface area contributed by atoms with Crippen molar-refractivity contribution in [2.75, 3.05) is 30.2 Å². The van der Waals surface area contributed by atoms with Crippen LogP contribution in [0, 0.1) is 5.92 Å². The molecule has 0 radical (unpaired) electrons. The molecule has 0 aliphatic rings. The summed E-state index contributed by atoms with van der Waals surface area (Å²) in [5.74, 6) is -0.431. The quantitative estimate of drug-likeness (QED) is 0.426. The zero-order chi connectivity index (χ0) is 26.3. The smallest absolute Gasteiger partial charge is 0.244 e. The second-order valence-electron chi connectivity index (χ2n) is 9.41. The van der Waals surface area contributed by atoms with Crippen molar-refractivity contribution in [3.8, 4) is 0 Å². The van der Waals surface area contributed by atoms with Crippen molar-refractivity contribution in [3.63, 3.8) is 0 Å². The molecule has 0 unspecified atom stereocenters. The number of hydrogen-bond acceptors (Lipinski definition) is 4. The maximum atomic E-state index is 13.7. The number of fused-ring (bicyclic) bond motifs is 1. The fourth-order valence-corrected chi connectivity index (χ4v) is 4.90. The highest BCUT2D eigenvalue weighted by Gasteiger charge is 2.30. The SMILES string of the molecule is CC(C)CNC(=O)[C@H](C)N(CCc1ccccc1)C(=O)CN(c1cccc2ccccc12)S(C)(=O)=O. The minimum Gasteiger partial charge on any atom is -0.354 e. The summed E-state index contributed by atoms with van der Waals surface area (Å²) in [6, 6.07) is 21.8. The van der Waals surface area contributed by atoms with Gasteiger partial charge in [-0.15, -0.1) is 0 Å². The maximum absolute atomic E-state index is 13.7. The number of benzene rings is 3. The molecule has 0 fully saturated rings. The lowest BCUT2D eigenvalue weighted by Gasteiger charge is -2.32. The van der Waals surface area contributed by atoms with Crippen molar-refractivity contribution >= 4 is 38.3 Å². The van der Waals surface area contributed by atoms with Crippen LogP contribution in [0.3, 0.4) is 0 Å². The molecular formula is C28H35N3O4S. The van der Waals surface area contributed by atoms with Gasteiger partial charge < -0.3 is 10.2 Å². The number of carbonyl (C=O) groups is 2. The number of nitrogens with zero attached hydrogens (tertiary/aromatic N) is 2. The van der Waals surface area contributed by atoms with Crippen molar-refractivity contribution in [2.24, 2.45) is 5.92 Å². The molecule has 1 atom stereocenters. The van der Waals surface area contributed by atoms with Crippen LogP contribution in [0.5, 0.6) is 0 Å². The van der Waals surface area contributed by atoms with Gasteiger partial charge >= 0.3 is 0 Å². The van der Waals surface area contributed by atoms with E-state index in [1.165, 1.54) is 4.90 Å². The Kier molecular flexibility index (Phi) is 9.09. The third kappa shape index (κ3) is 7.07. The number of amides is 2. The average Bonchev–Trinajstić information content (AvgIpc) is 2.85. The van der Waals surface area contributed by atoms with E-state index in [0.717, 1.165) is 26.9 Å². The van der Waals surface area contributed by atoms with Crippen molar-refractivity contribution in [1.29, 1.82) is 0 Å². The Labute approximate surface area is 214 Å². The summed E-state index contributed by atoms with van der Waals surface area (Å²) in [5, 5.41) is 4.50. The van der Waals surface area contributed by atoms with Crippen molar-refractivity contribution in [2.45, 2.75) is 33.2 Å². The van der Waals surface area contributed by atoms with Crippen molar-refractivity contribution in [3.05, 3.63) is 78.4 Å².